The normalized spacial score (nSPS) is 22.7. The van der Waals surface area contributed by atoms with Gasteiger partial charge in [-0.1, -0.05) is 0 Å². The van der Waals surface area contributed by atoms with Crippen LogP contribution in [0.25, 0.3) is 0 Å². The van der Waals surface area contributed by atoms with E-state index in [1.165, 1.54) is 0 Å². The van der Waals surface area contributed by atoms with Crippen molar-refractivity contribution in [2.45, 2.75) is 0 Å². The summed E-state index contributed by atoms with van der Waals surface area (Å²) in [6.45, 7) is 0. The lowest BCUT2D eigenvalue weighted by molar-refractivity contribution is 0.791. The Balaban J connectivity index is 1.63. The molecule has 1 N–H and O–H groups in total. The van der Waals surface area contributed by atoms with Crippen LogP contribution in [0.1, 0.15) is 0 Å². The lowest BCUT2D eigenvalue weighted by atomic mass is 10.3. The van der Waals surface area contributed by atoms with Crippen LogP contribution < -0.4 is 5.43 Å². The van der Waals surface area contributed by atoms with Crippen molar-refractivity contribution in [3.8, 4) is 0 Å². The molecule has 5 rings (SSSR count). The molecule has 0 spiro atoms. The Morgan fingerprint density at radius 1 is 0.800 bits per heavy atom. The molecule has 8 nitrogen and oxygen atoms in total. The number of guanidine groups is 2. The topological polar surface area (TPSA) is 89.4 Å². The van der Waals surface area contributed by atoms with Crippen LogP contribution in [0.5, 0.6) is 0 Å². The third-order valence-electron chi connectivity index (χ3n) is 3.64. The first-order chi connectivity index (χ1) is 12.2. The van der Waals surface area contributed by atoms with E-state index in [0.29, 0.717) is 23.5 Å². The van der Waals surface area contributed by atoms with Crippen molar-refractivity contribution in [2.24, 2.45) is 30.1 Å². The van der Waals surface area contributed by atoms with Crippen molar-refractivity contribution >= 4 is 51.4 Å². The summed E-state index contributed by atoms with van der Waals surface area (Å²) >= 11 is 3.43. The second kappa shape index (κ2) is 5.42. The molecular formula is C16H9BrN8. The second-order valence-corrected chi connectivity index (χ2v) is 6.13. The highest BCUT2D eigenvalue weighted by Gasteiger charge is 2.22. The van der Waals surface area contributed by atoms with Gasteiger partial charge in [-0.05, 0) is 36.5 Å². The Hall–Kier alpha value is -3.20. The maximum Gasteiger partial charge on any atom is 0.262 e. The summed E-state index contributed by atoms with van der Waals surface area (Å²) in [6, 6.07) is 0. The molecule has 0 aromatic heterocycles. The molecule has 120 valence electrons. The quantitative estimate of drug-likeness (QED) is 0.638. The Labute approximate surface area is 150 Å². The molecule has 0 saturated heterocycles. The molecule has 5 heterocycles. The molecule has 0 unspecified atom stereocenters. The summed E-state index contributed by atoms with van der Waals surface area (Å²) in [4.78, 5) is 22.0. The van der Waals surface area contributed by atoms with Crippen molar-refractivity contribution in [1.29, 1.82) is 0 Å². The van der Waals surface area contributed by atoms with Crippen LogP contribution in [0.2, 0.25) is 0 Å². The number of allylic oxidation sites excluding steroid dienone is 7. The maximum atomic E-state index is 4.56. The van der Waals surface area contributed by atoms with Crippen LogP contribution >= 0.6 is 16.1 Å². The van der Waals surface area contributed by atoms with E-state index < -0.39 is 0 Å². The molecular weight excluding hydrogens is 384 g/mol. The average Bonchev–Trinajstić information content (AvgIpc) is 3.36. The third-order valence-corrected chi connectivity index (χ3v) is 4.34. The monoisotopic (exact) mass is 392 g/mol. The molecule has 0 fully saturated rings. The Kier molecular flexibility index (Phi) is 3.07. The summed E-state index contributed by atoms with van der Waals surface area (Å²) in [5.74, 6) is 1.43. The fourth-order valence-corrected chi connectivity index (χ4v) is 2.86. The van der Waals surface area contributed by atoms with Gasteiger partial charge in [-0.25, -0.2) is 23.9 Å². The number of hydrogen-bond donors (Lipinski definition) is 1. The number of hydrogen-bond acceptors (Lipinski definition) is 8. The van der Waals surface area contributed by atoms with Crippen molar-refractivity contribution in [3.05, 3.63) is 59.7 Å². The zero-order valence-electron chi connectivity index (χ0n) is 12.6. The first kappa shape index (κ1) is 14.2. The number of fused-ring (bicyclic) bond motifs is 5. The molecule has 0 radical (unpaired) electrons. The molecule has 5 aliphatic rings. The van der Waals surface area contributed by atoms with Gasteiger partial charge in [-0.3, -0.25) is 5.43 Å². The van der Waals surface area contributed by atoms with Gasteiger partial charge in [0.15, 0.2) is 0 Å². The number of rotatable bonds is 0. The van der Waals surface area contributed by atoms with Crippen LogP contribution in [-0.2, 0) is 0 Å². The molecule has 0 atom stereocenters. The van der Waals surface area contributed by atoms with Crippen molar-refractivity contribution in [2.75, 3.05) is 0 Å². The number of hydrazone groups is 1. The minimum Gasteiger partial charge on any atom is -0.258 e. The van der Waals surface area contributed by atoms with Crippen LogP contribution in [0, 0.1) is 0 Å². The average molecular weight is 393 g/mol. The van der Waals surface area contributed by atoms with Crippen molar-refractivity contribution < 1.29 is 0 Å². The van der Waals surface area contributed by atoms with E-state index in [-0.39, 0.29) is 0 Å². The van der Waals surface area contributed by atoms with E-state index in [0.717, 1.165) is 22.8 Å². The highest BCUT2D eigenvalue weighted by Crippen LogP contribution is 2.20. The molecule has 8 bridgehead atoms. The maximum absolute atomic E-state index is 4.56. The van der Waals surface area contributed by atoms with Gasteiger partial charge >= 0.3 is 0 Å². The Bertz CT molecular complexity index is 1030. The first-order valence-electron chi connectivity index (χ1n) is 7.43. The Morgan fingerprint density at radius 3 is 2.32 bits per heavy atom. The van der Waals surface area contributed by atoms with Gasteiger partial charge in [0.1, 0.15) is 5.82 Å². The van der Waals surface area contributed by atoms with Gasteiger partial charge in [-0.15, -0.1) is 5.10 Å². The predicted molar refractivity (Wildman–Crippen MR) is 102 cm³/mol. The minimum absolute atomic E-state index is 0.330. The number of halogens is 1. The number of nitrogens with one attached hydrogen (secondary N) is 1. The molecule has 0 aromatic carbocycles. The highest BCUT2D eigenvalue weighted by molar-refractivity contribution is 9.07. The zero-order chi connectivity index (χ0) is 16.8. The van der Waals surface area contributed by atoms with Crippen LogP contribution in [0.4, 0.5) is 0 Å². The van der Waals surface area contributed by atoms with E-state index >= 15 is 0 Å². The molecule has 0 amide bonds. The lowest BCUT2D eigenvalue weighted by Crippen LogP contribution is -2.17. The van der Waals surface area contributed by atoms with Gasteiger partial charge < -0.3 is 0 Å². The largest absolute Gasteiger partial charge is 0.262 e. The number of nitrogens with zero attached hydrogens (tertiary/aromatic N) is 7. The molecule has 25 heavy (non-hydrogen) atoms. The standard InChI is InChI=1S/C16H9BrN8/c17-25-14-7-12-4-3-10(20-12)5-9-1-2-11(19-9)6-13-8-18-15(21-13)22-16(25)24-23-14/h1-8,23H. The van der Waals surface area contributed by atoms with E-state index in [9.17, 15) is 0 Å². The van der Waals surface area contributed by atoms with E-state index in [1.54, 1.807) is 10.1 Å². The van der Waals surface area contributed by atoms with E-state index in [4.69, 9.17) is 0 Å². The fraction of sp³-hybridized carbons (Fsp3) is 0. The van der Waals surface area contributed by atoms with E-state index in [2.05, 4.69) is 51.6 Å². The molecule has 5 aliphatic heterocycles. The Morgan fingerprint density at radius 2 is 1.52 bits per heavy atom. The summed E-state index contributed by atoms with van der Waals surface area (Å²) in [6.07, 6.45) is 15.0. The molecule has 0 saturated carbocycles. The second-order valence-electron chi connectivity index (χ2n) is 5.42. The molecule has 9 heteroatoms. The van der Waals surface area contributed by atoms with Gasteiger partial charge in [0.25, 0.3) is 11.9 Å². The fourth-order valence-electron chi connectivity index (χ4n) is 2.52. The zero-order valence-corrected chi connectivity index (χ0v) is 14.2. The van der Waals surface area contributed by atoms with Crippen LogP contribution in [0.15, 0.2) is 89.8 Å². The minimum atomic E-state index is 0.330. The van der Waals surface area contributed by atoms with Crippen LogP contribution in [0.3, 0.4) is 0 Å². The summed E-state index contributed by atoms with van der Waals surface area (Å²) in [7, 11) is 0. The summed E-state index contributed by atoms with van der Waals surface area (Å²) < 4.78 is 1.64. The van der Waals surface area contributed by atoms with Gasteiger partial charge in [-0.2, -0.15) is 4.99 Å². The molecule has 0 aliphatic carbocycles. The third kappa shape index (κ3) is 2.64. The van der Waals surface area contributed by atoms with Crippen molar-refractivity contribution in [3.63, 3.8) is 0 Å². The summed E-state index contributed by atoms with van der Waals surface area (Å²) in [5.41, 5.74) is 6.88. The van der Waals surface area contributed by atoms with Gasteiger partial charge in [0.05, 0.1) is 50.9 Å². The van der Waals surface area contributed by atoms with Crippen molar-refractivity contribution in [1.82, 2.24) is 9.35 Å². The van der Waals surface area contributed by atoms with Gasteiger partial charge in [0.2, 0.25) is 0 Å². The highest BCUT2D eigenvalue weighted by atomic mass is 79.9. The first-order valence-corrected chi connectivity index (χ1v) is 8.14. The lowest BCUT2D eigenvalue weighted by Gasteiger charge is -2.08. The SMILES string of the molecule is BrN1C2=CC3=NC(=CC4=NC(=CC5=NC(=NC1=NN2)N=C5)C=C4)C=C3. The summed E-state index contributed by atoms with van der Waals surface area (Å²) in [5, 5.41) is 4.17. The number of aliphatic imine (C=N–C) groups is 5. The molecule has 0 aromatic rings. The van der Waals surface area contributed by atoms with Gasteiger partial charge in [0, 0.05) is 6.08 Å². The van der Waals surface area contributed by atoms with Crippen LogP contribution in [-0.4, -0.2) is 39.2 Å². The predicted octanol–water partition coefficient (Wildman–Crippen LogP) is 2.00. The van der Waals surface area contributed by atoms with E-state index in [1.807, 2.05) is 42.5 Å². The smallest absolute Gasteiger partial charge is 0.258 e.